The lowest BCUT2D eigenvalue weighted by Crippen LogP contribution is -1.98. The Bertz CT molecular complexity index is 406. The fourth-order valence-corrected chi connectivity index (χ4v) is 0.873. The van der Waals surface area contributed by atoms with E-state index in [-0.39, 0.29) is 5.56 Å². The first-order valence-corrected chi connectivity index (χ1v) is 3.43. The van der Waals surface area contributed by atoms with Crippen molar-refractivity contribution in [3.8, 4) is 0 Å². The van der Waals surface area contributed by atoms with Crippen LogP contribution in [0, 0.1) is 21.7 Å². The van der Waals surface area contributed by atoms with E-state index >= 15 is 0 Å². The number of benzene rings is 1. The molecule has 0 aliphatic carbocycles. The average molecular weight is 201 g/mol. The molecule has 0 aliphatic rings. The van der Waals surface area contributed by atoms with Gasteiger partial charge in [0.25, 0.3) is 0 Å². The van der Waals surface area contributed by atoms with Crippen molar-refractivity contribution in [2.45, 2.75) is 0 Å². The number of nitrogens with two attached hydrogens (primary N) is 1. The zero-order valence-electron chi connectivity index (χ0n) is 6.78. The van der Waals surface area contributed by atoms with Gasteiger partial charge in [-0.25, -0.2) is 4.39 Å². The molecular weight excluding hydrogens is 196 g/mol. The van der Waals surface area contributed by atoms with E-state index in [4.69, 9.17) is 5.84 Å². The number of hydrogen-bond donors (Lipinski definition) is 1. The SMILES string of the molecule is NN=Cc1cc([N+](=O)[O-])c(F)cc1F. The molecule has 0 atom stereocenters. The molecule has 0 unspecified atom stereocenters. The monoisotopic (exact) mass is 201 g/mol. The summed E-state index contributed by atoms with van der Waals surface area (Å²) >= 11 is 0. The molecule has 0 saturated heterocycles. The first kappa shape index (κ1) is 10.0. The molecule has 2 N–H and O–H groups in total. The molecule has 5 nitrogen and oxygen atoms in total. The van der Waals surface area contributed by atoms with Crippen molar-refractivity contribution in [1.82, 2.24) is 0 Å². The van der Waals surface area contributed by atoms with Crippen LogP contribution in [-0.2, 0) is 0 Å². The van der Waals surface area contributed by atoms with Crippen LogP contribution in [0.5, 0.6) is 0 Å². The molecule has 0 bridgehead atoms. The van der Waals surface area contributed by atoms with Crippen molar-refractivity contribution >= 4 is 11.9 Å². The van der Waals surface area contributed by atoms with Crippen LogP contribution >= 0.6 is 0 Å². The molecule has 0 heterocycles. The van der Waals surface area contributed by atoms with E-state index in [1.807, 2.05) is 0 Å². The highest BCUT2D eigenvalue weighted by Crippen LogP contribution is 2.20. The topological polar surface area (TPSA) is 81.5 Å². The molecule has 0 saturated carbocycles. The van der Waals surface area contributed by atoms with Gasteiger partial charge < -0.3 is 5.84 Å². The van der Waals surface area contributed by atoms with Crippen molar-refractivity contribution in [3.63, 3.8) is 0 Å². The number of nitrogens with zero attached hydrogens (tertiary/aromatic N) is 2. The minimum absolute atomic E-state index is 0.236. The van der Waals surface area contributed by atoms with Crippen molar-refractivity contribution in [2.24, 2.45) is 10.9 Å². The van der Waals surface area contributed by atoms with Gasteiger partial charge in [0.2, 0.25) is 5.82 Å². The summed E-state index contributed by atoms with van der Waals surface area (Å²) in [5.41, 5.74) is -1.05. The summed E-state index contributed by atoms with van der Waals surface area (Å²) in [6.45, 7) is 0. The molecule has 7 heteroatoms. The van der Waals surface area contributed by atoms with Crippen LogP contribution in [0.1, 0.15) is 5.56 Å². The van der Waals surface area contributed by atoms with Crippen molar-refractivity contribution in [1.29, 1.82) is 0 Å². The van der Waals surface area contributed by atoms with Crippen molar-refractivity contribution in [3.05, 3.63) is 39.4 Å². The largest absolute Gasteiger partial charge is 0.323 e. The lowest BCUT2D eigenvalue weighted by molar-refractivity contribution is -0.387. The summed E-state index contributed by atoms with van der Waals surface area (Å²) in [4.78, 5) is 9.30. The summed E-state index contributed by atoms with van der Waals surface area (Å²) in [6, 6.07) is 1.14. The molecule has 1 rings (SSSR count). The van der Waals surface area contributed by atoms with Crippen molar-refractivity contribution in [2.75, 3.05) is 0 Å². The van der Waals surface area contributed by atoms with Gasteiger partial charge in [-0.05, 0) is 0 Å². The van der Waals surface area contributed by atoms with Gasteiger partial charge in [0, 0.05) is 17.7 Å². The average Bonchev–Trinajstić information content (AvgIpc) is 2.09. The summed E-state index contributed by atoms with van der Waals surface area (Å²) < 4.78 is 25.6. The second kappa shape index (κ2) is 3.77. The van der Waals surface area contributed by atoms with Gasteiger partial charge in [-0.1, -0.05) is 0 Å². The Balaban J connectivity index is 3.34. The van der Waals surface area contributed by atoms with Gasteiger partial charge in [0.15, 0.2) is 0 Å². The highest BCUT2D eigenvalue weighted by Gasteiger charge is 2.17. The van der Waals surface area contributed by atoms with Crippen LogP contribution in [0.25, 0.3) is 0 Å². The van der Waals surface area contributed by atoms with Gasteiger partial charge in [-0.2, -0.15) is 9.49 Å². The maximum absolute atomic E-state index is 12.9. The number of hydrazone groups is 1. The molecule has 0 amide bonds. The highest BCUT2D eigenvalue weighted by atomic mass is 19.1. The van der Waals surface area contributed by atoms with Crippen LogP contribution in [0.4, 0.5) is 14.5 Å². The van der Waals surface area contributed by atoms with Gasteiger partial charge >= 0.3 is 5.69 Å². The predicted molar refractivity (Wildman–Crippen MR) is 44.8 cm³/mol. The molecule has 1 aromatic carbocycles. The maximum atomic E-state index is 12.9. The number of rotatable bonds is 2. The van der Waals surface area contributed by atoms with Gasteiger partial charge in [0.05, 0.1) is 11.1 Å². The van der Waals surface area contributed by atoms with Gasteiger partial charge in [-0.15, -0.1) is 0 Å². The summed E-state index contributed by atoms with van der Waals surface area (Å²) in [7, 11) is 0. The third-order valence-corrected chi connectivity index (χ3v) is 1.48. The highest BCUT2D eigenvalue weighted by molar-refractivity contribution is 5.80. The maximum Gasteiger partial charge on any atom is 0.305 e. The standard InChI is InChI=1S/C7H5F2N3O2/c8-5-2-6(9)7(12(13)14)1-4(5)3-11-10/h1-3H,10H2. The Hall–Kier alpha value is -2.05. The number of nitro benzene ring substituents is 1. The zero-order chi connectivity index (χ0) is 10.7. The third kappa shape index (κ3) is 1.82. The molecule has 14 heavy (non-hydrogen) atoms. The summed E-state index contributed by atoms with van der Waals surface area (Å²) in [6.07, 6.45) is 0.863. The van der Waals surface area contributed by atoms with E-state index in [1.54, 1.807) is 0 Å². The Kier molecular flexibility index (Phi) is 2.70. The molecule has 0 spiro atoms. The third-order valence-electron chi connectivity index (χ3n) is 1.48. The molecule has 0 fully saturated rings. The Labute approximate surface area is 77.0 Å². The van der Waals surface area contributed by atoms with E-state index in [2.05, 4.69) is 5.10 Å². The second-order valence-corrected chi connectivity index (χ2v) is 2.36. The first-order chi connectivity index (χ1) is 6.56. The smallest absolute Gasteiger partial charge is 0.305 e. The van der Waals surface area contributed by atoms with Crippen LogP contribution in [0.3, 0.4) is 0 Å². The number of hydrogen-bond acceptors (Lipinski definition) is 4. The quantitative estimate of drug-likeness (QED) is 0.337. The van der Waals surface area contributed by atoms with Gasteiger partial charge in [-0.3, -0.25) is 10.1 Å². The molecule has 74 valence electrons. The summed E-state index contributed by atoms with van der Waals surface area (Å²) in [5.74, 6) is 2.54. The van der Waals surface area contributed by atoms with Crippen molar-refractivity contribution < 1.29 is 13.7 Å². The van der Waals surface area contributed by atoms with E-state index in [0.29, 0.717) is 6.07 Å². The first-order valence-electron chi connectivity index (χ1n) is 3.43. The van der Waals surface area contributed by atoms with Crippen LogP contribution in [0.2, 0.25) is 0 Å². The predicted octanol–water partition coefficient (Wildman–Crippen LogP) is 1.17. The van der Waals surface area contributed by atoms with E-state index in [9.17, 15) is 18.9 Å². The minimum Gasteiger partial charge on any atom is -0.323 e. The molecule has 0 aromatic heterocycles. The Morgan fingerprint density at radius 1 is 1.43 bits per heavy atom. The lowest BCUT2D eigenvalue weighted by atomic mass is 10.2. The number of halogens is 2. The second-order valence-electron chi connectivity index (χ2n) is 2.36. The van der Waals surface area contributed by atoms with Crippen LogP contribution in [0.15, 0.2) is 17.2 Å². The van der Waals surface area contributed by atoms with E-state index < -0.39 is 22.2 Å². The minimum atomic E-state index is -1.23. The molecule has 0 aliphatic heterocycles. The normalized spacial score (nSPS) is 10.7. The number of nitro groups is 1. The van der Waals surface area contributed by atoms with Crippen LogP contribution < -0.4 is 5.84 Å². The van der Waals surface area contributed by atoms with E-state index in [0.717, 1.165) is 12.3 Å². The molecular formula is C7H5F2N3O2. The molecule has 1 aromatic rings. The fourth-order valence-electron chi connectivity index (χ4n) is 0.873. The van der Waals surface area contributed by atoms with Crippen LogP contribution in [-0.4, -0.2) is 11.1 Å². The Morgan fingerprint density at radius 2 is 2.07 bits per heavy atom. The molecule has 0 radical (unpaired) electrons. The van der Waals surface area contributed by atoms with E-state index in [1.165, 1.54) is 0 Å². The fraction of sp³-hybridized carbons (Fsp3) is 0. The lowest BCUT2D eigenvalue weighted by Gasteiger charge is -1.97. The Morgan fingerprint density at radius 3 is 2.57 bits per heavy atom. The zero-order valence-corrected chi connectivity index (χ0v) is 6.78. The van der Waals surface area contributed by atoms with Gasteiger partial charge in [0.1, 0.15) is 5.82 Å². The summed E-state index contributed by atoms with van der Waals surface area (Å²) in [5, 5.41) is 13.2.